The van der Waals surface area contributed by atoms with Crippen molar-refractivity contribution < 1.29 is 9.21 Å². The van der Waals surface area contributed by atoms with Crippen molar-refractivity contribution in [3.05, 3.63) is 53.6 Å². The van der Waals surface area contributed by atoms with Crippen molar-refractivity contribution >= 4 is 33.3 Å². The van der Waals surface area contributed by atoms with Crippen LogP contribution in [0.2, 0.25) is 0 Å². The van der Waals surface area contributed by atoms with Crippen molar-refractivity contribution in [3.8, 4) is 0 Å². The molecule has 2 amide bonds. The number of furan rings is 1. The summed E-state index contributed by atoms with van der Waals surface area (Å²) in [6.45, 7) is 0.539. The maximum atomic E-state index is 11.6. The highest BCUT2D eigenvalue weighted by Crippen LogP contribution is 2.19. The molecule has 0 atom stereocenters. The maximum absolute atomic E-state index is 11.6. The van der Waals surface area contributed by atoms with Crippen molar-refractivity contribution in [2.75, 3.05) is 11.9 Å². The minimum absolute atomic E-state index is 0.191. The number of para-hydroxylation sites is 1. The molecule has 0 saturated heterocycles. The molecular weight excluding hydrogens is 272 g/mol. The standard InChI is InChI=1S/C15H14N2O2S/c18-15(17-14-6-3-9-20-14)16-8-7-12-10-11-4-1-2-5-13(11)19-12/h1-6,9-10H,7-8H2,(H2,16,17,18). The van der Waals surface area contributed by atoms with Gasteiger partial charge in [0.1, 0.15) is 11.3 Å². The number of carbonyl (C=O) groups is 1. The van der Waals surface area contributed by atoms with Crippen LogP contribution in [0.15, 0.2) is 52.3 Å². The van der Waals surface area contributed by atoms with Gasteiger partial charge in [-0.05, 0) is 29.6 Å². The minimum Gasteiger partial charge on any atom is -0.461 e. The summed E-state index contributed by atoms with van der Waals surface area (Å²) in [5.74, 6) is 0.877. The highest BCUT2D eigenvalue weighted by atomic mass is 32.1. The van der Waals surface area contributed by atoms with Crippen LogP contribution in [-0.4, -0.2) is 12.6 Å². The van der Waals surface area contributed by atoms with Crippen LogP contribution in [0.5, 0.6) is 0 Å². The fourth-order valence-corrected chi connectivity index (χ4v) is 2.58. The Labute approximate surface area is 120 Å². The molecule has 20 heavy (non-hydrogen) atoms. The van der Waals surface area contributed by atoms with Gasteiger partial charge in [0.05, 0.1) is 5.00 Å². The fraction of sp³-hybridized carbons (Fsp3) is 0.133. The number of anilines is 1. The number of urea groups is 1. The maximum Gasteiger partial charge on any atom is 0.319 e. The quantitative estimate of drug-likeness (QED) is 0.765. The molecule has 0 aliphatic heterocycles. The van der Waals surface area contributed by atoms with E-state index in [1.54, 1.807) is 0 Å². The molecule has 0 spiro atoms. The molecule has 1 aromatic carbocycles. The second kappa shape index (κ2) is 5.79. The number of hydrogen-bond acceptors (Lipinski definition) is 3. The third kappa shape index (κ3) is 3.00. The van der Waals surface area contributed by atoms with Crippen LogP contribution in [0, 0.1) is 0 Å². The molecule has 0 fully saturated rings. The Morgan fingerprint density at radius 1 is 1.20 bits per heavy atom. The van der Waals surface area contributed by atoms with Crippen molar-refractivity contribution in [1.82, 2.24) is 5.32 Å². The molecule has 3 aromatic rings. The number of nitrogens with one attached hydrogen (secondary N) is 2. The van der Waals surface area contributed by atoms with Gasteiger partial charge < -0.3 is 9.73 Å². The van der Waals surface area contributed by atoms with Crippen LogP contribution in [-0.2, 0) is 6.42 Å². The van der Waals surface area contributed by atoms with Gasteiger partial charge in [-0.3, -0.25) is 5.32 Å². The normalized spacial score (nSPS) is 10.6. The Hall–Kier alpha value is -2.27. The van der Waals surface area contributed by atoms with Crippen molar-refractivity contribution in [1.29, 1.82) is 0 Å². The average molecular weight is 286 g/mol. The summed E-state index contributed by atoms with van der Waals surface area (Å²) in [5.41, 5.74) is 0.880. The minimum atomic E-state index is -0.191. The molecule has 102 valence electrons. The van der Waals surface area contributed by atoms with Crippen LogP contribution < -0.4 is 10.6 Å². The monoisotopic (exact) mass is 286 g/mol. The van der Waals surface area contributed by atoms with Crippen LogP contribution in [0.25, 0.3) is 11.0 Å². The van der Waals surface area contributed by atoms with Gasteiger partial charge >= 0.3 is 6.03 Å². The lowest BCUT2D eigenvalue weighted by Gasteiger charge is -2.04. The van der Waals surface area contributed by atoms with Crippen molar-refractivity contribution in [2.24, 2.45) is 0 Å². The molecule has 2 heterocycles. The van der Waals surface area contributed by atoms with Gasteiger partial charge in [-0.2, -0.15) is 0 Å². The van der Waals surface area contributed by atoms with Crippen LogP contribution >= 0.6 is 11.3 Å². The first-order valence-corrected chi connectivity index (χ1v) is 7.25. The first kappa shape index (κ1) is 12.7. The molecule has 2 N–H and O–H groups in total. The molecule has 4 nitrogen and oxygen atoms in total. The summed E-state index contributed by atoms with van der Waals surface area (Å²) < 4.78 is 5.69. The van der Waals surface area contributed by atoms with E-state index in [1.807, 2.05) is 47.8 Å². The number of hydrogen-bond donors (Lipinski definition) is 2. The molecule has 0 aliphatic rings. The molecule has 0 saturated carbocycles. The molecule has 5 heteroatoms. The van der Waals surface area contributed by atoms with Gasteiger partial charge in [0, 0.05) is 18.4 Å². The molecule has 0 bridgehead atoms. The number of rotatable bonds is 4. The third-order valence-electron chi connectivity index (χ3n) is 2.89. The number of thiophene rings is 1. The largest absolute Gasteiger partial charge is 0.461 e. The van der Waals surface area contributed by atoms with Gasteiger partial charge in [0.25, 0.3) is 0 Å². The van der Waals surface area contributed by atoms with E-state index in [1.165, 1.54) is 11.3 Å². The van der Waals surface area contributed by atoms with Crippen molar-refractivity contribution in [2.45, 2.75) is 6.42 Å². The van der Waals surface area contributed by atoms with Gasteiger partial charge in [-0.25, -0.2) is 4.79 Å². The highest BCUT2D eigenvalue weighted by molar-refractivity contribution is 7.14. The van der Waals surface area contributed by atoms with E-state index in [0.717, 1.165) is 21.7 Å². The lowest BCUT2D eigenvalue weighted by Crippen LogP contribution is -2.30. The second-order valence-corrected chi connectivity index (χ2v) is 5.31. The van der Waals surface area contributed by atoms with E-state index in [0.29, 0.717) is 13.0 Å². The van der Waals surface area contributed by atoms with Gasteiger partial charge in [-0.1, -0.05) is 18.2 Å². The fourth-order valence-electron chi connectivity index (χ4n) is 1.97. The Morgan fingerprint density at radius 2 is 2.10 bits per heavy atom. The number of amides is 2. The van der Waals surface area contributed by atoms with Crippen LogP contribution in [0.3, 0.4) is 0 Å². The van der Waals surface area contributed by atoms with Crippen LogP contribution in [0.1, 0.15) is 5.76 Å². The topological polar surface area (TPSA) is 54.3 Å². The summed E-state index contributed by atoms with van der Waals surface area (Å²) in [6, 6.07) is 13.5. The average Bonchev–Trinajstić information content (AvgIpc) is 3.07. The zero-order valence-corrected chi connectivity index (χ0v) is 11.6. The predicted molar refractivity (Wildman–Crippen MR) is 81.3 cm³/mol. The Morgan fingerprint density at radius 3 is 2.90 bits per heavy atom. The molecule has 3 rings (SSSR count). The van der Waals surface area contributed by atoms with E-state index >= 15 is 0 Å². The third-order valence-corrected chi connectivity index (χ3v) is 3.68. The first-order valence-electron chi connectivity index (χ1n) is 6.37. The molecule has 0 radical (unpaired) electrons. The molecule has 2 aromatic heterocycles. The molecular formula is C15H14N2O2S. The zero-order chi connectivity index (χ0) is 13.8. The SMILES string of the molecule is O=C(NCCc1cc2ccccc2o1)Nc1cccs1. The molecule has 0 aliphatic carbocycles. The number of fused-ring (bicyclic) bond motifs is 1. The first-order chi connectivity index (χ1) is 9.81. The van der Waals surface area contributed by atoms with Crippen LogP contribution in [0.4, 0.5) is 9.80 Å². The lowest BCUT2D eigenvalue weighted by molar-refractivity contribution is 0.252. The predicted octanol–water partition coefficient (Wildman–Crippen LogP) is 3.86. The second-order valence-electron chi connectivity index (χ2n) is 4.36. The Balaban J connectivity index is 1.51. The summed E-state index contributed by atoms with van der Waals surface area (Å²) >= 11 is 1.49. The number of benzene rings is 1. The summed E-state index contributed by atoms with van der Waals surface area (Å²) in [5, 5.41) is 9.43. The van der Waals surface area contributed by atoms with E-state index in [2.05, 4.69) is 10.6 Å². The highest BCUT2D eigenvalue weighted by Gasteiger charge is 2.05. The Bertz CT molecular complexity index is 671. The van der Waals surface area contributed by atoms with E-state index in [4.69, 9.17) is 4.42 Å². The van der Waals surface area contributed by atoms with E-state index in [9.17, 15) is 4.79 Å². The summed E-state index contributed by atoms with van der Waals surface area (Å²) in [4.78, 5) is 11.6. The number of carbonyl (C=O) groups excluding carboxylic acids is 1. The van der Waals surface area contributed by atoms with E-state index in [-0.39, 0.29) is 6.03 Å². The lowest BCUT2D eigenvalue weighted by atomic mass is 10.2. The smallest absolute Gasteiger partial charge is 0.319 e. The van der Waals surface area contributed by atoms with Crippen molar-refractivity contribution in [3.63, 3.8) is 0 Å². The summed E-state index contributed by atoms with van der Waals surface area (Å²) in [7, 11) is 0. The Kier molecular flexibility index (Phi) is 3.69. The van der Waals surface area contributed by atoms with Gasteiger partial charge in [0.2, 0.25) is 0 Å². The van der Waals surface area contributed by atoms with E-state index < -0.39 is 0 Å². The molecule has 0 unspecified atom stereocenters. The van der Waals surface area contributed by atoms with Gasteiger partial charge in [0.15, 0.2) is 0 Å². The zero-order valence-electron chi connectivity index (χ0n) is 10.8. The summed E-state index contributed by atoms with van der Waals surface area (Å²) in [6.07, 6.45) is 0.673. The van der Waals surface area contributed by atoms with Gasteiger partial charge in [-0.15, -0.1) is 11.3 Å².